The van der Waals surface area contributed by atoms with Crippen molar-refractivity contribution in [2.75, 3.05) is 5.43 Å². The Morgan fingerprint density at radius 1 is 1.24 bits per heavy atom. The zero-order chi connectivity index (χ0) is 20.0. The Labute approximate surface area is 170 Å². The van der Waals surface area contributed by atoms with E-state index in [4.69, 9.17) is 0 Å². The van der Waals surface area contributed by atoms with Gasteiger partial charge in [-0.2, -0.15) is 10.1 Å². The smallest absolute Gasteiger partial charge is 0.265 e. The molecule has 1 saturated carbocycles. The second-order valence-electron chi connectivity index (χ2n) is 9.33. The third-order valence-electron chi connectivity index (χ3n) is 6.94. The van der Waals surface area contributed by atoms with Crippen LogP contribution in [0, 0.1) is 23.2 Å². The average Bonchev–Trinajstić information content (AvgIpc) is 3.06. The van der Waals surface area contributed by atoms with E-state index < -0.39 is 0 Å². The maximum absolute atomic E-state index is 4.54. The minimum absolute atomic E-state index is 0.386. The minimum atomic E-state index is 0.386. The molecule has 2 aliphatic rings. The lowest BCUT2D eigenvalue weighted by molar-refractivity contribution is 0.149. The molecule has 0 amide bonds. The highest BCUT2D eigenvalue weighted by Crippen LogP contribution is 2.50. The van der Waals surface area contributed by atoms with Crippen LogP contribution in [0.25, 0.3) is 22.1 Å². The third-order valence-corrected chi connectivity index (χ3v) is 6.94. The van der Waals surface area contributed by atoms with Gasteiger partial charge in [0.15, 0.2) is 5.65 Å². The van der Waals surface area contributed by atoms with E-state index in [-0.39, 0.29) is 0 Å². The van der Waals surface area contributed by atoms with Crippen LogP contribution in [0.3, 0.4) is 0 Å². The van der Waals surface area contributed by atoms with Gasteiger partial charge >= 0.3 is 0 Å². The van der Waals surface area contributed by atoms with Gasteiger partial charge in [0.05, 0.1) is 0 Å². The topological polar surface area (TPSA) is 78.8 Å². The second kappa shape index (κ2) is 6.94. The molecule has 0 unspecified atom stereocenters. The normalized spacial score (nSPS) is 26.6. The fourth-order valence-electron chi connectivity index (χ4n) is 5.14. The molecule has 0 spiro atoms. The number of nitrogens with zero attached hydrogens (tertiary/aromatic N) is 4. The van der Waals surface area contributed by atoms with Gasteiger partial charge in [0.1, 0.15) is 5.52 Å². The van der Waals surface area contributed by atoms with E-state index in [0.29, 0.717) is 29.1 Å². The summed E-state index contributed by atoms with van der Waals surface area (Å²) >= 11 is 0. The molecular weight excluding hydrogens is 360 g/mol. The van der Waals surface area contributed by atoms with Crippen LogP contribution in [0.4, 0.5) is 5.95 Å². The number of aromatic amines is 1. The van der Waals surface area contributed by atoms with Crippen LogP contribution in [0.2, 0.25) is 0 Å². The highest BCUT2D eigenvalue weighted by molar-refractivity contribution is 6.03. The van der Waals surface area contributed by atoms with Crippen LogP contribution in [0.5, 0.6) is 0 Å². The van der Waals surface area contributed by atoms with E-state index in [9.17, 15) is 0 Å². The zero-order valence-electron chi connectivity index (χ0n) is 17.3. The average molecular weight is 389 g/mol. The van der Waals surface area contributed by atoms with Gasteiger partial charge in [0.2, 0.25) is 0 Å². The Morgan fingerprint density at radius 3 is 3.00 bits per heavy atom. The number of fused-ring (bicyclic) bond motifs is 4. The molecule has 3 atom stereocenters. The highest BCUT2D eigenvalue weighted by atomic mass is 15.4. The molecule has 6 heteroatoms. The van der Waals surface area contributed by atoms with Crippen molar-refractivity contribution in [1.82, 2.24) is 20.2 Å². The first-order valence-electron chi connectivity index (χ1n) is 10.6. The first-order chi connectivity index (χ1) is 14.0. The first kappa shape index (κ1) is 18.3. The predicted octanol–water partition coefficient (Wildman–Crippen LogP) is 5.31. The summed E-state index contributed by atoms with van der Waals surface area (Å²) in [6.07, 6.45) is 9.42. The van der Waals surface area contributed by atoms with E-state index >= 15 is 0 Å². The van der Waals surface area contributed by atoms with Gasteiger partial charge in [-0.1, -0.05) is 50.6 Å². The SMILES string of the molecule is C[C@@H]1CC2=CCCC(C)(C)[C@H]2C[C@@H]1/C=N\Nc1nnc2c(n1)[nH]c1ccccc12. The standard InChI is InChI=1S/C23H28N6/c1-14-11-15-7-6-10-23(2,3)18(15)12-16(14)13-24-28-22-26-21-20(27-29-22)17-8-4-5-9-19(17)25-21/h4-5,7-9,13-14,16,18H,6,10-12H2,1-3H3,(H2,25,26,28,29)/b24-13-/t14-,16-,18+/m1/s1. The second-order valence-corrected chi connectivity index (χ2v) is 9.33. The van der Waals surface area contributed by atoms with Gasteiger partial charge in [0.25, 0.3) is 5.95 Å². The van der Waals surface area contributed by atoms with Gasteiger partial charge in [-0.25, -0.2) is 5.43 Å². The fraction of sp³-hybridized carbons (Fsp3) is 0.478. The predicted molar refractivity (Wildman–Crippen MR) is 118 cm³/mol. The number of allylic oxidation sites excluding steroid dienone is 2. The molecule has 2 N–H and O–H groups in total. The number of nitrogens with one attached hydrogen (secondary N) is 2. The minimum Gasteiger partial charge on any atom is -0.338 e. The van der Waals surface area contributed by atoms with E-state index in [2.05, 4.69) is 63.8 Å². The molecule has 0 radical (unpaired) electrons. The first-order valence-corrected chi connectivity index (χ1v) is 10.6. The molecule has 5 rings (SSSR count). The summed E-state index contributed by atoms with van der Waals surface area (Å²) in [5, 5.41) is 14.1. The van der Waals surface area contributed by atoms with Crippen LogP contribution in [-0.2, 0) is 0 Å². The van der Waals surface area contributed by atoms with Crippen molar-refractivity contribution in [3.63, 3.8) is 0 Å². The monoisotopic (exact) mass is 388 g/mol. The van der Waals surface area contributed by atoms with E-state index in [1.54, 1.807) is 5.57 Å². The van der Waals surface area contributed by atoms with Crippen molar-refractivity contribution in [1.29, 1.82) is 0 Å². The quantitative estimate of drug-likeness (QED) is 0.362. The van der Waals surface area contributed by atoms with Crippen molar-refractivity contribution < 1.29 is 0 Å². The van der Waals surface area contributed by atoms with Crippen molar-refractivity contribution in [3.05, 3.63) is 35.9 Å². The molecule has 2 aliphatic carbocycles. The number of anilines is 1. The lowest BCUT2D eigenvalue weighted by atomic mass is 9.59. The van der Waals surface area contributed by atoms with Gasteiger partial charge in [-0.15, -0.1) is 10.2 Å². The Balaban J connectivity index is 1.32. The highest BCUT2D eigenvalue weighted by Gasteiger charge is 2.40. The van der Waals surface area contributed by atoms with Crippen LogP contribution in [-0.4, -0.2) is 26.4 Å². The molecule has 6 nitrogen and oxygen atoms in total. The van der Waals surface area contributed by atoms with Crippen molar-refractivity contribution >= 4 is 34.2 Å². The van der Waals surface area contributed by atoms with Gasteiger partial charge in [-0.05, 0) is 54.9 Å². The summed E-state index contributed by atoms with van der Waals surface area (Å²) in [7, 11) is 0. The number of H-pyrrole nitrogens is 1. The largest absolute Gasteiger partial charge is 0.338 e. The van der Waals surface area contributed by atoms with E-state index in [0.717, 1.165) is 22.1 Å². The molecule has 29 heavy (non-hydrogen) atoms. The molecule has 0 bridgehead atoms. The van der Waals surface area contributed by atoms with Crippen LogP contribution >= 0.6 is 0 Å². The van der Waals surface area contributed by atoms with E-state index in [1.807, 2.05) is 24.3 Å². The van der Waals surface area contributed by atoms with Crippen LogP contribution < -0.4 is 5.43 Å². The lowest BCUT2D eigenvalue weighted by Gasteiger charge is -2.46. The van der Waals surface area contributed by atoms with Crippen LogP contribution in [0.1, 0.15) is 46.5 Å². The molecule has 2 aromatic heterocycles. The summed E-state index contributed by atoms with van der Waals surface area (Å²) in [5.41, 5.74) is 7.57. The number of rotatable bonds is 3. The Morgan fingerprint density at radius 2 is 2.10 bits per heavy atom. The zero-order valence-corrected chi connectivity index (χ0v) is 17.3. The molecule has 3 aromatic rings. The maximum atomic E-state index is 4.54. The fourth-order valence-corrected chi connectivity index (χ4v) is 5.14. The molecule has 150 valence electrons. The maximum Gasteiger partial charge on any atom is 0.265 e. The molecular formula is C23H28N6. The summed E-state index contributed by atoms with van der Waals surface area (Å²) in [5.74, 6) is 2.16. The molecule has 0 saturated heterocycles. The van der Waals surface area contributed by atoms with Crippen molar-refractivity contribution in [2.24, 2.45) is 28.3 Å². The summed E-state index contributed by atoms with van der Waals surface area (Å²) in [6, 6.07) is 8.03. The lowest BCUT2D eigenvalue weighted by Crippen LogP contribution is -2.36. The van der Waals surface area contributed by atoms with Gasteiger partial charge in [-0.3, -0.25) is 0 Å². The Bertz CT molecular complexity index is 1110. The van der Waals surface area contributed by atoms with Crippen molar-refractivity contribution in [2.45, 2.75) is 46.5 Å². The van der Waals surface area contributed by atoms with E-state index in [1.165, 1.54) is 25.7 Å². The van der Waals surface area contributed by atoms with Crippen LogP contribution in [0.15, 0.2) is 41.0 Å². The third kappa shape index (κ3) is 3.30. The number of hydrogen-bond donors (Lipinski definition) is 2. The Hall–Kier alpha value is -2.76. The summed E-state index contributed by atoms with van der Waals surface area (Å²) < 4.78 is 0. The number of aromatic nitrogens is 4. The molecule has 1 fully saturated rings. The molecule has 0 aliphatic heterocycles. The van der Waals surface area contributed by atoms with Crippen molar-refractivity contribution in [3.8, 4) is 0 Å². The van der Waals surface area contributed by atoms with Gasteiger partial charge < -0.3 is 4.98 Å². The Kier molecular flexibility index (Phi) is 4.37. The molecule has 1 aromatic carbocycles. The summed E-state index contributed by atoms with van der Waals surface area (Å²) in [6.45, 7) is 7.17. The van der Waals surface area contributed by atoms with Gasteiger partial charge in [0, 0.05) is 17.1 Å². The molecule has 2 heterocycles. The number of hydrogen-bond acceptors (Lipinski definition) is 5. The number of para-hydroxylation sites is 1. The summed E-state index contributed by atoms with van der Waals surface area (Å²) in [4.78, 5) is 7.83. The number of benzene rings is 1. The number of hydrazone groups is 1.